The summed E-state index contributed by atoms with van der Waals surface area (Å²) in [5.74, 6) is 0.378. The number of ether oxygens (including phenoxy) is 1. The predicted octanol–water partition coefficient (Wildman–Crippen LogP) is 0.474. The van der Waals surface area contributed by atoms with Gasteiger partial charge in [-0.2, -0.15) is 4.98 Å². The van der Waals surface area contributed by atoms with Crippen LogP contribution in [0.15, 0.2) is 4.52 Å². The Morgan fingerprint density at radius 2 is 2.33 bits per heavy atom. The van der Waals surface area contributed by atoms with E-state index < -0.39 is 5.97 Å². The van der Waals surface area contributed by atoms with E-state index in [4.69, 9.17) is 14.4 Å². The first-order chi connectivity index (χ1) is 10.2. The molecule has 0 aliphatic heterocycles. The van der Waals surface area contributed by atoms with E-state index in [1.165, 1.54) is 4.68 Å². The van der Waals surface area contributed by atoms with Crippen molar-refractivity contribution in [2.45, 2.75) is 31.7 Å². The van der Waals surface area contributed by atoms with E-state index >= 15 is 0 Å². The highest BCUT2D eigenvalue weighted by molar-refractivity contribution is 5.86. The highest BCUT2D eigenvalue weighted by atomic mass is 16.5. The number of carboxylic acid groups (broad SMARTS) is 1. The van der Waals surface area contributed by atoms with Gasteiger partial charge in [0.15, 0.2) is 11.5 Å². The molecule has 1 aliphatic rings. The molecule has 2 aromatic rings. The first-order valence-electron chi connectivity index (χ1n) is 6.66. The molecule has 21 heavy (non-hydrogen) atoms. The fourth-order valence-corrected chi connectivity index (χ4v) is 2.03. The summed E-state index contributed by atoms with van der Waals surface area (Å²) in [5, 5.41) is 20.6. The summed E-state index contributed by atoms with van der Waals surface area (Å²) in [5.41, 5.74) is 0.417. The zero-order valence-electron chi connectivity index (χ0n) is 11.5. The molecule has 0 atom stereocenters. The molecule has 0 aromatic carbocycles. The first kappa shape index (κ1) is 13.7. The summed E-state index contributed by atoms with van der Waals surface area (Å²) >= 11 is 0. The van der Waals surface area contributed by atoms with Gasteiger partial charge in [0.25, 0.3) is 0 Å². The maximum Gasteiger partial charge on any atom is 0.358 e. The van der Waals surface area contributed by atoms with Crippen molar-refractivity contribution in [3.8, 4) is 0 Å². The zero-order chi connectivity index (χ0) is 14.8. The van der Waals surface area contributed by atoms with Crippen molar-refractivity contribution < 1.29 is 19.2 Å². The molecule has 112 valence electrons. The Bertz CT molecular complexity index is 646. The minimum atomic E-state index is -1.11. The van der Waals surface area contributed by atoms with E-state index in [2.05, 4.69) is 20.5 Å². The number of aromatic carboxylic acids is 1. The van der Waals surface area contributed by atoms with Gasteiger partial charge in [0, 0.05) is 19.4 Å². The lowest BCUT2D eigenvalue weighted by Gasteiger charge is -2.04. The number of methoxy groups -OCH3 is 1. The van der Waals surface area contributed by atoms with Gasteiger partial charge in [-0.1, -0.05) is 10.4 Å². The Morgan fingerprint density at radius 3 is 3.00 bits per heavy atom. The molecule has 0 amide bonds. The molecule has 9 heteroatoms. The van der Waals surface area contributed by atoms with Gasteiger partial charge in [0.05, 0.1) is 12.3 Å². The smallest absolute Gasteiger partial charge is 0.358 e. The fourth-order valence-electron chi connectivity index (χ4n) is 2.03. The maximum atomic E-state index is 11.1. The van der Waals surface area contributed by atoms with Gasteiger partial charge in [-0.25, -0.2) is 9.48 Å². The van der Waals surface area contributed by atoms with Crippen LogP contribution in [0.4, 0.5) is 0 Å². The van der Waals surface area contributed by atoms with Crippen LogP contribution in [-0.2, 0) is 17.7 Å². The molecule has 1 saturated carbocycles. The standard InChI is InChI=1S/C12H15N5O4/c1-20-5-4-8-10(12(18)19)14-16-17(8)6-9-13-11(21-15-9)7-2-3-7/h7H,2-6H2,1H3,(H,18,19). The number of nitrogens with zero attached hydrogens (tertiary/aromatic N) is 5. The molecular weight excluding hydrogens is 278 g/mol. The van der Waals surface area contributed by atoms with E-state index in [1.807, 2.05) is 0 Å². The Labute approximate surface area is 119 Å². The Kier molecular flexibility index (Phi) is 3.65. The predicted molar refractivity (Wildman–Crippen MR) is 67.9 cm³/mol. The lowest BCUT2D eigenvalue weighted by atomic mass is 10.2. The molecule has 0 bridgehead atoms. The van der Waals surface area contributed by atoms with E-state index in [0.29, 0.717) is 36.4 Å². The Balaban J connectivity index is 1.80. The van der Waals surface area contributed by atoms with Crippen molar-refractivity contribution in [1.29, 1.82) is 0 Å². The van der Waals surface area contributed by atoms with Crippen LogP contribution in [0.2, 0.25) is 0 Å². The highest BCUT2D eigenvalue weighted by Gasteiger charge is 2.30. The van der Waals surface area contributed by atoms with Crippen LogP contribution >= 0.6 is 0 Å². The van der Waals surface area contributed by atoms with Crippen molar-refractivity contribution in [3.05, 3.63) is 23.1 Å². The molecule has 2 aromatic heterocycles. The topological polar surface area (TPSA) is 116 Å². The number of rotatable bonds is 7. The molecule has 1 aliphatic carbocycles. The molecule has 0 spiro atoms. The molecular formula is C12H15N5O4. The molecule has 0 unspecified atom stereocenters. The van der Waals surface area contributed by atoms with Crippen molar-refractivity contribution in [2.75, 3.05) is 13.7 Å². The van der Waals surface area contributed by atoms with Crippen molar-refractivity contribution in [2.24, 2.45) is 0 Å². The summed E-state index contributed by atoms with van der Waals surface area (Å²) in [6.07, 6.45) is 2.55. The second-order valence-electron chi connectivity index (χ2n) is 4.91. The SMILES string of the molecule is COCCc1c(C(=O)O)nnn1Cc1noc(C2CC2)n1. The molecule has 1 N–H and O–H groups in total. The molecule has 2 heterocycles. The third-order valence-electron chi connectivity index (χ3n) is 3.28. The van der Waals surface area contributed by atoms with Gasteiger partial charge in [0.2, 0.25) is 5.89 Å². The summed E-state index contributed by atoms with van der Waals surface area (Å²) in [6.45, 7) is 0.614. The maximum absolute atomic E-state index is 11.1. The second-order valence-corrected chi connectivity index (χ2v) is 4.91. The lowest BCUT2D eigenvalue weighted by Crippen LogP contribution is -2.12. The molecule has 3 rings (SSSR count). The van der Waals surface area contributed by atoms with Crippen molar-refractivity contribution in [1.82, 2.24) is 25.1 Å². The first-order valence-corrected chi connectivity index (χ1v) is 6.66. The largest absolute Gasteiger partial charge is 0.476 e. The van der Waals surface area contributed by atoms with Crippen molar-refractivity contribution >= 4 is 5.97 Å². The lowest BCUT2D eigenvalue weighted by molar-refractivity contribution is 0.0688. The minimum Gasteiger partial charge on any atom is -0.476 e. The summed E-state index contributed by atoms with van der Waals surface area (Å²) in [6, 6.07) is 0. The normalized spacial score (nSPS) is 14.5. The van der Waals surface area contributed by atoms with Gasteiger partial charge in [-0.05, 0) is 12.8 Å². The van der Waals surface area contributed by atoms with E-state index in [9.17, 15) is 4.79 Å². The number of aromatic nitrogens is 5. The molecule has 9 nitrogen and oxygen atoms in total. The molecule has 1 fully saturated rings. The number of carbonyl (C=O) groups is 1. The van der Waals surface area contributed by atoms with Gasteiger partial charge in [-0.15, -0.1) is 5.10 Å². The van der Waals surface area contributed by atoms with E-state index in [0.717, 1.165) is 12.8 Å². The summed E-state index contributed by atoms with van der Waals surface area (Å²) in [7, 11) is 1.55. The molecule has 0 radical (unpaired) electrons. The van der Waals surface area contributed by atoms with Gasteiger partial charge >= 0.3 is 5.97 Å². The van der Waals surface area contributed by atoms with Crippen LogP contribution < -0.4 is 0 Å². The Hall–Kier alpha value is -2.29. The van der Waals surface area contributed by atoms with Crippen LogP contribution in [0.1, 0.15) is 46.7 Å². The average molecular weight is 293 g/mol. The van der Waals surface area contributed by atoms with E-state index in [-0.39, 0.29) is 12.2 Å². The fraction of sp³-hybridized carbons (Fsp3) is 0.583. The van der Waals surface area contributed by atoms with Crippen LogP contribution in [0.25, 0.3) is 0 Å². The minimum absolute atomic E-state index is 0.0713. The average Bonchev–Trinajstić information content (AvgIpc) is 3.08. The quantitative estimate of drug-likeness (QED) is 0.783. The van der Waals surface area contributed by atoms with Crippen LogP contribution in [-0.4, -0.2) is 49.9 Å². The van der Waals surface area contributed by atoms with Gasteiger partial charge in [0.1, 0.15) is 6.54 Å². The van der Waals surface area contributed by atoms with Crippen LogP contribution in [0.5, 0.6) is 0 Å². The monoisotopic (exact) mass is 293 g/mol. The number of hydrogen-bond acceptors (Lipinski definition) is 7. The Morgan fingerprint density at radius 1 is 1.52 bits per heavy atom. The third-order valence-corrected chi connectivity index (χ3v) is 3.28. The number of carboxylic acids is 1. The third kappa shape index (κ3) is 2.92. The summed E-state index contributed by atoms with van der Waals surface area (Å²) in [4.78, 5) is 15.4. The number of hydrogen-bond donors (Lipinski definition) is 1. The van der Waals surface area contributed by atoms with E-state index in [1.54, 1.807) is 7.11 Å². The van der Waals surface area contributed by atoms with Crippen molar-refractivity contribution in [3.63, 3.8) is 0 Å². The van der Waals surface area contributed by atoms with Gasteiger partial charge < -0.3 is 14.4 Å². The van der Waals surface area contributed by atoms with Crippen LogP contribution in [0.3, 0.4) is 0 Å². The van der Waals surface area contributed by atoms with Gasteiger partial charge in [-0.3, -0.25) is 0 Å². The van der Waals surface area contributed by atoms with Crippen LogP contribution in [0, 0.1) is 0 Å². The highest BCUT2D eigenvalue weighted by Crippen LogP contribution is 2.38. The molecule has 0 saturated heterocycles. The second kappa shape index (κ2) is 5.60. The summed E-state index contributed by atoms with van der Waals surface area (Å²) < 4.78 is 11.6. The zero-order valence-corrected chi connectivity index (χ0v) is 11.5.